The minimum Gasteiger partial charge on any atom is -0.497 e. The van der Waals surface area contributed by atoms with E-state index in [9.17, 15) is 48.6 Å². The van der Waals surface area contributed by atoms with E-state index in [4.69, 9.17) is 34.8 Å². The van der Waals surface area contributed by atoms with E-state index in [-0.39, 0.29) is 89.5 Å². The number of aliphatic hydroxyl groups excluding tert-OH is 2. The van der Waals surface area contributed by atoms with Gasteiger partial charge in [-0.1, -0.05) is 47.6 Å². The molecule has 10 atom stereocenters. The monoisotopic (exact) mass is 1190 g/mol. The largest absolute Gasteiger partial charge is 0.497 e. The Labute approximate surface area is 501 Å². The Hall–Kier alpha value is -7.08. The van der Waals surface area contributed by atoms with Crippen LogP contribution in [0.1, 0.15) is 88.4 Å². The van der Waals surface area contributed by atoms with Gasteiger partial charge in [0.05, 0.1) is 85.1 Å². The lowest BCUT2D eigenvalue weighted by Crippen LogP contribution is -2.59. The van der Waals surface area contributed by atoms with Crippen molar-refractivity contribution in [1.29, 1.82) is 0 Å². The average molecular weight is 1200 g/mol. The highest BCUT2D eigenvalue weighted by molar-refractivity contribution is 6.00. The summed E-state index contributed by atoms with van der Waals surface area (Å²) in [7, 11) is 2.99. The standard InChI is InChI=1S/C62H82N8O16/c1-5-10-46(63-51(72)34-69-23-26-83-27-24-69)57(77)67-49(31-41-15-19-43(81-3)20-16-41)58(78)65-48(30-40-13-8-9-14-40)56(76)62(38-86-62)32-45-33-70(25-28-84-45)35-52(73)64-50(36-71)59(79)68-53(54(74)42-17-21-44(82-4)22-18-42)60(80)66-47(29-39-11-6-7-12-39)55(75)61(2)37-85-61/h1,11,13,15-22,45-50,53-54,71,74H,6-10,12,14,23-38H2,2-4H3,(H,63,72)(H,64,73)(H,65,78)(H,66,80)(H,67,77)(H,68,79). The van der Waals surface area contributed by atoms with Crippen LogP contribution >= 0.6 is 0 Å². The summed E-state index contributed by atoms with van der Waals surface area (Å²) in [5.41, 5.74) is 0.408. The van der Waals surface area contributed by atoms with Gasteiger partial charge >= 0.3 is 0 Å². The van der Waals surface area contributed by atoms with Gasteiger partial charge in [0.1, 0.15) is 47.4 Å². The molecular formula is C62H82N8O16. The molecule has 4 fully saturated rings. The van der Waals surface area contributed by atoms with Gasteiger partial charge in [0.2, 0.25) is 35.4 Å². The normalized spacial score (nSPS) is 23.4. The summed E-state index contributed by atoms with van der Waals surface area (Å²) in [6.45, 7) is 3.36. The second kappa shape index (κ2) is 30.5. The predicted molar refractivity (Wildman–Crippen MR) is 311 cm³/mol. The number of ether oxygens (including phenoxy) is 6. The van der Waals surface area contributed by atoms with Gasteiger partial charge in [0.25, 0.3) is 0 Å². The molecule has 0 spiro atoms. The number of nitrogens with one attached hydrogen (secondary N) is 6. The van der Waals surface area contributed by atoms with Gasteiger partial charge in [-0.2, -0.15) is 0 Å². The van der Waals surface area contributed by atoms with Crippen LogP contribution in [0, 0.1) is 12.3 Å². The molecule has 466 valence electrons. The zero-order valence-electron chi connectivity index (χ0n) is 49.2. The Morgan fingerprint density at radius 2 is 1.20 bits per heavy atom. The number of hydrogen-bond donors (Lipinski definition) is 8. The number of methoxy groups -OCH3 is 2. The van der Waals surface area contributed by atoms with Crippen molar-refractivity contribution in [1.82, 2.24) is 41.7 Å². The molecule has 0 saturated carbocycles. The van der Waals surface area contributed by atoms with Crippen LogP contribution in [0.4, 0.5) is 0 Å². The molecule has 4 aliphatic heterocycles. The highest BCUT2D eigenvalue weighted by Gasteiger charge is 2.56. The van der Waals surface area contributed by atoms with Gasteiger partial charge in [-0.05, 0) is 93.7 Å². The van der Waals surface area contributed by atoms with E-state index in [2.05, 4.69) is 37.8 Å². The maximum Gasteiger partial charge on any atom is 0.246 e. The minimum absolute atomic E-state index is 0.00418. The van der Waals surface area contributed by atoms with Crippen LogP contribution in [0.25, 0.3) is 0 Å². The molecule has 4 heterocycles. The maximum absolute atomic E-state index is 14.9. The van der Waals surface area contributed by atoms with Crippen LogP contribution in [0.5, 0.6) is 11.5 Å². The first kappa shape index (κ1) is 64.9. The molecule has 24 heteroatoms. The number of allylic oxidation sites excluding steroid dienone is 2. The molecule has 6 amide bonds. The summed E-state index contributed by atoms with van der Waals surface area (Å²) < 4.78 is 33.6. The second-order valence-corrected chi connectivity index (χ2v) is 23.0. The number of epoxide rings is 2. The number of carbonyl (C=O) groups excluding carboxylic acids is 8. The first-order valence-corrected chi connectivity index (χ1v) is 29.6. The van der Waals surface area contributed by atoms with Crippen molar-refractivity contribution in [3.8, 4) is 23.8 Å². The molecule has 86 heavy (non-hydrogen) atoms. The van der Waals surface area contributed by atoms with E-state index in [1.807, 2.05) is 17.1 Å². The third kappa shape index (κ3) is 18.0. The third-order valence-corrected chi connectivity index (χ3v) is 16.5. The summed E-state index contributed by atoms with van der Waals surface area (Å²) >= 11 is 0. The van der Waals surface area contributed by atoms with Crippen molar-refractivity contribution in [2.45, 2.75) is 137 Å². The molecule has 6 aliphatic rings. The minimum atomic E-state index is -1.70. The SMILES string of the molecule is C#CCC(NC(=O)CN1CCOCC1)C(=O)NC(Cc1ccc(OC)cc1)C(=O)NC(CC1=CCCC1)C(=O)C1(CC2CN(CC(=O)NC(CO)C(=O)NC(C(=O)NC(CC3=CCCC3)C(=O)C3(C)CO3)C(O)c3ccc(OC)cc3)CCO2)CO1. The summed E-state index contributed by atoms with van der Waals surface area (Å²) in [6, 6.07) is 5.32. The van der Waals surface area contributed by atoms with Crippen molar-refractivity contribution in [3.63, 3.8) is 0 Å². The van der Waals surface area contributed by atoms with Crippen LogP contribution in [0.15, 0.2) is 71.8 Å². The van der Waals surface area contributed by atoms with Crippen LogP contribution < -0.4 is 41.4 Å². The number of rotatable bonds is 32. The van der Waals surface area contributed by atoms with E-state index in [1.54, 1.807) is 48.2 Å². The quantitative estimate of drug-likeness (QED) is 0.0272. The zero-order chi connectivity index (χ0) is 61.4. The zero-order valence-corrected chi connectivity index (χ0v) is 49.2. The number of ketones is 2. The van der Waals surface area contributed by atoms with Gasteiger partial charge < -0.3 is 70.5 Å². The molecule has 8 rings (SSSR count). The van der Waals surface area contributed by atoms with Gasteiger partial charge in [0.15, 0.2) is 17.2 Å². The second-order valence-electron chi connectivity index (χ2n) is 23.0. The fraction of sp³-hybridized carbons (Fsp3) is 0.581. The number of terminal acetylenes is 1. The molecule has 0 radical (unpaired) electrons. The lowest BCUT2D eigenvalue weighted by molar-refractivity contribution is -0.137. The topological polar surface area (TPSA) is 318 Å². The maximum atomic E-state index is 14.9. The lowest BCUT2D eigenvalue weighted by Gasteiger charge is -2.34. The Morgan fingerprint density at radius 3 is 1.76 bits per heavy atom. The fourth-order valence-corrected chi connectivity index (χ4v) is 11.3. The molecule has 8 N–H and O–H groups in total. The lowest BCUT2D eigenvalue weighted by atomic mass is 9.88. The van der Waals surface area contributed by atoms with Crippen LogP contribution in [0.3, 0.4) is 0 Å². The number of Topliss-reactive ketones (excluding diaryl/α,β-unsaturated/α-hetero) is 2. The van der Waals surface area contributed by atoms with E-state index >= 15 is 0 Å². The molecule has 24 nitrogen and oxygen atoms in total. The summed E-state index contributed by atoms with van der Waals surface area (Å²) in [4.78, 5) is 116. The summed E-state index contributed by atoms with van der Waals surface area (Å²) in [5.74, 6) is -1.53. The van der Waals surface area contributed by atoms with E-state index in [1.165, 1.54) is 26.4 Å². The molecule has 2 aromatic carbocycles. The number of benzene rings is 2. The van der Waals surface area contributed by atoms with Crippen molar-refractivity contribution >= 4 is 47.0 Å². The number of aliphatic hydroxyl groups is 2. The molecule has 4 saturated heterocycles. The van der Waals surface area contributed by atoms with E-state index in [0.717, 1.165) is 49.7 Å². The molecular weight excluding hydrogens is 1110 g/mol. The van der Waals surface area contributed by atoms with Crippen molar-refractivity contribution < 1.29 is 77.0 Å². The first-order valence-electron chi connectivity index (χ1n) is 29.6. The molecule has 2 aromatic rings. The molecule has 0 bridgehead atoms. The number of morpholine rings is 2. The summed E-state index contributed by atoms with van der Waals surface area (Å²) in [6.07, 6.45) is 12.7. The van der Waals surface area contributed by atoms with Crippen LogP contribution in [0.2, 0.25) is 0 Å². The fourth-order valence-electron chi connectivity index (χ4n) is 11.3. The van der Waals surface area contributed by atoms with E-state index in [0.29, 0.717) is 43.4 Å². The molecule has 2 aliphatic carbocycles. The Bertz CT molecular complexity index is 2840. The van der Waals surface area contributed by atoms with Gasteiger partial charge in [-0.25, -0.2) is 0 Å². The van der Waals surface area contributed by atoms with Crippen molar-refractivity contribution in [2.75, 3.05) is 93.1 Å². The molecule has 0 aromatic heterocycles. The Morgan fingerprint density at radius 1 is 0.663 bits per heavy atom. The Kier molecular flexibility index (Phi) is 23.0. The smallest absolute Gasteiger partial charge is 0.246 e. The van der Waals surface area contributed by atoms with Crippen LogP contribution in [-0.2, 0) is 63.7 Å². The number of hydrogen-bond acceptors (Lipinski definition) is 18. The van der Waals surface area contributed by atoms with Gasteiger partial charge in [0, 0.05) is 45.4 Å². The van der Waals surface area contributed by atoms with Crippen LogP contribution in [-0.4, -0.2) is 214 Å². The third-order valence-electron chi connectivity index (χ3n) is 16.5. The van der Waals surface area contributed by atoms with Gasteiger partial charge in [-0.3, -0.25) is 48.2 Å². The van der Waals surface area contributed by atoms with E-state index < -0.39 is 107 Å². The highest BCUT2D eigenvalue weighted by atomic mass is 16.6. The highest BCUT2D eigenvalue weighted by Crippen LogP contribution is 2.38. The Balaban J connectivity index is 0.909. The number of amides is 6. The number of carbonyl (C=O) groups is 8. The number of nitrogens with zero attached hydrogens (tertiary/aromatic N) is 2. The average Bonchev–Trinajstić information content (AvgIpc) is 1.92. The first-order chi connectivity index (χ1) is 41.4. The summed E-state index contributed by atoms with van der Waals surface area (Å²) in [5, 5.41) is 38.6. The predicted octanol–water partition coefficient (Wildman–Crippen LogP) is 0.0243. The van der Waals surface area contributed by atoms with Crippen molar-refractivity contribution in [2.24, 2.45) is 0 Å². The van der Waals surface area contributed by atoms with Crippen molar-refractivity contribution in [3.05, 3.63) is 83.0 Å². The molecule has 10 unspecified atom stereocenters. The van der Waals surface area contributed by atoms with Gasteiger partial charge in [-0.15, -0.1) is 12.3 Å².